The molecule has 0 amide bonds. The van der Waals surface area contributed by atoms with Gasteiger partial charge in [-0.2, -0.15) is 5.10 Å². The molecule has 0 unspecified atom stereocenters. The van der Waals surface area contributed by atoms with Crippen LogP contribution >= 0.6 is 0 Å². The molecular weight excluding hydrogens is 181 g/mol. The smallest absolute Gasteiger partial charge is 0.155 e. The van der Waals surface area contributed by atoms with Crippen molar-refractivity contribution >= 4 is 11.0 Å². The number of aromatic amines is 1. The van der Waals surface area contributed by atoms with Gasteiger partial charge in [0, 0.05) is 10.9 Å². The van der Waals surface area contributed by atoms with Crippen molar-refractivity contribution < 1.29 is 4.39 Å². The average molecular weight is 193 g/mol. The van der Waals surface area contributed by atoms with Crippen molar-refractivity contribution in [3.63, 3.8) is 0 Å². The molecule has 0 saturated carbocycles. The summed E-state index contributed by atoms with van der Waals surface area (Å²) in [4.78, 5) is 3.92. The molecule has 0 bridgehead atoms. The molecular formula is C10H12FN3. The van der Waals surface area contributed by atoms with Gasteiger partial charge in [0.15, 0.2) is 5.65 Å². The third kappa shape index (κ3) is 1.27. The van der Waals surface area contributed by atoms with E-state index < -0.39 is 0 Å². The van der Waals surface area contributed by atoms with Gasteiger partial charge in [-0.05, 0) is 5.41 Å². The highest BCUT2D eigenvalue weighted by atomic mass is 19.1. The van der Waals surface area contributed by atoms with E-state index in [1.165, 1.54) is 6.20 Å². The van der Waals surface area contributed by atoms with Crippen LogP contribution in [0, 0.1) is 5.82 Å². The average Bonchev–Trinajstić information content (AvgIpc) is 2.48. The topological polar surface area (TPSA) is 41.6 Å². The summed E-state index contributed by atoms with van der Waals surface area (Å²) in [6.45, 7) is 5.91. The summed E-state index contributed by atoms with van der Waals surface area (Å²) in [5.74, 6) is -0.272. The van der Waals surface area contributed by atoms with E-state index in [-0.39, 0.29) is 11.2 Å². The number of fused-ring (bicyclic) bond motifs is 1. The molecule has 1 N–H and O–H groups in total. The first kappa shape index (κ1) is 9.12. The molecule has 14 heavy (non-hydrogen) atoms. The first-order chi connectivity index (χ1) is 6.50. The monoisotopic (exact) mass is 193 g/mol. The van der Waals surface area contributed by atoms with E-state index in [9.17, 15) is 4.39 Å². The molecule has 0 atom stereocenters. The number of nitrogens with one attached hydrogen (secondary N) is 1. The fraction of sp³-hybridized carbons (Fsp3) is 0.400. The molecule has 2 heterocycles. The van der Waals surface area contributed by atoms with Crippen LogP contribution in [0.25, 0.3) is 11.0 Å². The largest absolute Gasteiger partial charge is 0.261 e. The third-order valence-electron chi connectivity index (χ3n) is 2.18. The Bertz CT molecular complexity index is 468. The van der Waals surface area contributed by atoms with Crippen molar-refractivity contribution in [2.24, 2.45) is 0 Å². The number of pyridine rings is 1. The number of H-pyrrole nitrogens is 1. The van der Waals surface area contributed by atoms with Crippen molar-refractivity contribution in [2.45, 2.75) is 26.2 Å². The Morgan fingerprint density at radius 3 is 2.64 bits per heavy atom. The summed E-state index contributed by atoms with van der Waals surface area (Å²) >= 11 is 0. The summed E-state index contributed by atoms with van der Waals surface area (Å²) in [6.07, 6.45) is 2.85. The molecule has 0 radical (unpaired) electrons. The Hall–Kier alpha value is -1.45. The zero-order chi connectivity index (χ0) is 10.3. The highest BCUT2D eigenvalue weighted by Crippen LogP contribution is 2.30. The van der Waals surface area contributed by atoms with E-state index in [0.29, 0.717) is 11.2 Å². The van der Waals surface area contributed by atoms with Crippen molar-refractivity contribution in [3.05, 3.63) is 23.8 Å². The molecule has 0 aliphatic carbocycles. The van der Waals surface area contributed by atoms with E-state index in [2.05, 4.69) is 15.2 Å². The van der Waals surface area contributed by atoms with Crippen LogP contribution in [-0.4, -0.2) is 15.2 Å². The van der Waals surface area contributed by atoms with Crippen LogP contribution in [0.5, 0.6) is 0 Å². The third-order valence-corrected chi connectivity index (χ3v) is 2.18. The Morgan fingerprint density at radius 2 is 2.00 bits per heavy atom. The standard InChI is InChI=1S/C10H12FN3/c1-10(2,3)8-6-4-13-14-9(6)12-5-7(8)11/h4-5H,1-3H3,(H,12,13,14). The van der Waals surface area contributed by atoms with Gasteiger partial charge in [0.05, 0.1) is 12.4 Å². The lowest BCUT2D eigenvalue weighted by atomic mass is 9.85. The normalized spacial score (nSPS) is 12.3. The van der Waals surface area contributed by atoms with Gasteiger partial charge < -0.3 is 0 Å². The van der Waals surface area contributed by atoms with Crippen LogP contribution in [0.1, 0.15) is 26.3 Å². The molecule has 0 fully saturated rings. The van der Waals surface area contributed by atoms with E-state index in [4.69, 9.17) is 0 Å². The lowest BCUT2D eigenvalue weighted by Crippen LogP contribution is -2.14. The minimum Gasteiger partial charge on any atom is -0.261 e. The van der Waals surface area contributed by atoms with Crippen LogP contribution in [0.4, 0.5) is 4.39 Å². The molecule has 0 spiro atoms. The van der Waals surface area contributed by atoms with Gasteiger partial charge in [-0.1, -0.05) is 20.8 Å². The van der Waals surface area contributed by atoms with Gasteiger partial charge in [0.2, 0.25) is 0 Å². The molecule has 0 saturated heterocycles. The summed E-state index contributed by atoms with van der Waals surface area (Å²) in [7, 11) is 0. The second-order valence-corrected chi connectivity index (χ2v) is 4.36. The van der Waals surface area contributed by atoms with Gasteiger partial charge in [0.1, 0.15) is 5.82 Å². The van der Waals surface area contributed by atoms with Crippen molar-refractivity contribution in [1.82, 2.24) is 15.2 Å². The fourth-order valence-electron chi connectivity index (χ4n) is 1.64. The van der Waals surface area contributed by atoms with Crippen LogP contribution < -0.4 is 0 Å². The van der Waals surface area contributed by atoms with E-state index in [1.54, 1.807) is 6.20 Å². The van der Waals surface area contributed by atoms with Gasteiger partial charge in [-0.25, -0.2) is 9.37 Å². The SMILES string of the molecule is CC(C)(C)c1c(F)cnc2[nH]ncc12. The predicted molar refractivity (Wildman–Crippen MR) is 52.5 cm³/mol. The number of halogens is 1. The van der Waals surface area contributed by atoms with Crippen LogP contribution in [0.3, 0.4) is 0 Å². The van der Waals surface area contributed by atoms with Crippen molar-refractivity contribution in [1.29, 1.82) is 0 Å². The van der Waals surface area contributed by atoms with Crippen LogP contribution in [0.15, 0.2) is 12.4 Å². The second kappa shape index (κ2) is 2.77. The lowest BCUT2D eigenvalue weighted by molar-refractivity contribution is 0.525. The minimum atomic E-state index is -0.272. The molecule has 2 aromatic rings. The quantitative estimate of drug-likeness (QED) is 0.698. The Labute approximate surface area is 81.4 Å². The Morgan fingerprint density at radius 1 is 1.29 bits per heavy atom. The summed E-state index contributed by atoms with van der Waals surface area (Å²) in [6, 6.07) is 0. The number of nitrogens with zero attached hydrogens (tertiary/aromatic N) is 2. The number of aromatic nitrogens is 3. The molecule has 4 heteroatoms. The zero-order valence-corrected chi connectivity index (χ0v) is 8.43. The number of hydrogen-bond acceptors (Lipinski definition) is 2. The predicted octanol–water partition coefficient (Wildman–Crippen LogP) is 2.39. The molecule has 3 nitrogen and oxygen atoms in total. The molecule has 0 aromatic carbocycles. The first-order valence-corrected chi connectivity index (χ1v) is 4.48. The van der Waals surface area contributed by atoms with Gasteiger partial charge >= 0.3 is 0 Å². The highest BCUT2D eigenvalue weighted by molar-refractivity contribution is 5.79. The van der Waals surface area contributed by atoms with E-state index >= 15 is 0 Å². The van der Waals surface area contributed by atoms with E-state index in [1.807, 2.05) is 20.8 Å². The van der Waals surface area contributed by atoms with Crippen LogP contribution in [0.2, 0.25) is 0 Å². The summed E-state index contributed by atoms with van der Waals surface area (Å²) in [5.41, 5.74) is 1.06. The maximum atomic E-state index is 13.6. The molecule has 0 aliphatic heterocycles. The molecule has 2 aromatic heterocycles. The van der Waals surface area contributed by atoms with Crippen molar-refractivity contribution in [3.8, 4) is 0 Å². The number of hydrogen-bond donors (Lipinski definition) is 1. The van der Waals surface area contributed by atoms with Gasteiger partial charge in [-0.3, -0.25) is 5.10 Å². The molecule has 0 aliphatic rings. The van der Waals surface area contributed by atoms with Crippen LogP contribution in [-0.2, 0) is 5.41 Å². The minimum absolute atomic E-state index is 0.241. The zero-order valence-electron chi connectivity index (χ0n) is 8.43. The summed E-state index contributed by atoms with van der Waals surface area (Å²) in [5, 5.41) is 7.36. The molecule has 2 rings (SSSR count). The van der Waals surface area contributed by atoms with E-state index in [0.717, 1.165) is 5.39 Å². The maximum absolute atomic E-state index is 13.6. The summed E-state index contributed by atoms with van der Waals surface area (Å²) < 4.78 is 13.6. The lowest BCUT2D eigenvalue weighted by Gasteiger charge is -2.20. The van der Waals surface area contributed by atoms with Gasteiger partial charge in [-0.15, -0.1) is 0 Å². The second-order valence-electron chi connectivity index (χ2n) is 4.36. The number of rotatable bonds is 0. The maximum Gasteiger partial charge on any atom is 0.155 e. The van der Waals surface area contributed by atoms with Gasteiger partial charge in [0.25, 0.3) is 0 Å². The fourth-order valence-corrected chi connectivity index (χ4v) is 1.64. The molecule has 74 valence electrons. The van der Waals surface area contributed by atoms with Crippen molar-refractivity contribution in [2.75, 3.05) is 0 Å². The highest BCUT2D eigenvalue weighted by Gasteiger charge is 2.22. The first-order valence-electron chi connectivity index (χ1n) is 4.48. The Kier molecular flexibility index (Phi) is 1.80. The Balaban J connectivity index is 2.83.